The fraction of sp³-hybridized carbons (Fsp3) is 0.278. The Kier molecular flexibility index (Phi) is 3.59. The number of halogens is 2. The predicted molar refractivity (Wildman–Crippen MR) is 83.3 cm³/mol. The molecule has 1 heterocycles. The highest BCUT2D eigenvalue weighted by Crippen LogP contribution is 2.48. The largest absolute Gasteiger partial charge is 0.508 e. The minimum absolute atomic E-state index is 0.0809. The number of rotatable bonds is 3. The zero-order valence-corrected chi connectivity index (χ0v) is 12.9. The maximum atomic E-state index is 14.1. The van der Waals surface area contributed by atoms with Crippen LogP contribution < -0.4 is 5.32 Å². The standard InChI is InChI=1S/C18H17F2NO2/c1-10(2)9-18(11-3-5-12(22)6-4-11)13-7-8-14(19)15(20)16(13)21-17(18)23/h3-8,10,22H,9H2,1-2H3,(H,21,23). The lowest BCUT2D eigenvalue weighted by Crippen LogP contribution is -2.37. The molecule has 3 rings (SSSR count). The highest BCUT2D eigenvalue weighted by atomic mass is 19.2. The number of carbonyl (C=O) groups is 1. The van der Waals surface area contributed by atoms with Gasteiger partial charge in [-0.15, -0.1) is 0 Å². The minimum Gasteiger partial charge on any atom is -0.508 e. The number of hydrogen-bond acceptors (Lipinski definition) is 2. The number of aromatic hydroxyl groups is 1. The van der Waals surface area contributed by atoms with Gasteiger partial charge in [-0.05, 0) is 41.7 Å². The van der Waals surface area contributed by atoms with E-state index in [0.717, 1.165) is 6.07 Å². The van der Waals surface area contributed by atoms with Gasteiger partial charge in [0.05, 0.1) is 5.69 Å². The SMILES string of the molecule is CC(C)CC1(c2ccc(O)cc2)C(=O)Nc2c1ccc(F)c2F. The van der Waals surface area contributed by atoms with Gasteiger partial charge in [0, 0.05) is 0 Å². The molecule has 0 fully saturated rings. The van der Waals surface area contributed by atoms with Gasteiger partial charge >= 0.3 is 0 Å². The van der Waals surface area contributed by atoms with E-state index in [2.05, 4.69) is 5.32 Å². The smallest absolute Gasteiger partial charge is 0.239 e. The van der Waals surface area contributed by atoms with Crippen LogP contribution >= 0.6 is 0 Å². The van der Waals surface area contributed by atoms with Crippen LogP contribution in [0.25, 0.3) is 0 Å². The fourth-order valence-corrected chi connectivity index (χ4v) is 3.34. The van der Waals surface area contributed by atoms with Crippen LogP contribution in [-0.4, -0.2) is 11.0 Å². The molecule has 1 unspecified atom stereocenters. The number of phenolic OH excluding ortho intramolecular Hbond substituents is 1. The summed E-state index contributed by atoms with van der Waals surface area (Å²) in [5.41, 5.74) is -0.109. The molecule has 2 N–H and O–H groups in total. The number of carbonyl (C=O) groups excluding carboxylic acids is 1. The van der Waals surface area contributed by atoms with Crippen molar-refractivity contribution in [2.24, 2.45) is 5.92 Å². The number of phenols is 1. The average molecular weight is 317 g/mol. The van der Waals surface area contributed by atoms with Gasteiger partial charge in [-0.25, -0.2) is 8.78 Å². The van der Waals surface area contributed by atoms with Crippen molar-refractivity contribution in [3.05, 3.63) is 59.2 Å². The molecule has 0 saturated heterocycles. The molecule has 2 aromatic carbocycles. The molecule has 1 amide bonds. The Morgan fingerprint density at radius 1 is 1.13 bits per heavy atom. The summed E-state index contributed by atoms with van der Waals surface area (Å²) in [5.74, 6) is -2.18. The third kappa shape index (κ3) is 2.27. The second-order valence-corrected chi connectivity index (χ2v) is 6.29. The molecule has 23 heavy (non-hydrogen) atoms. The summed E-state index contributed by atoms with van der Waals surface area (Å²) >= 11 is 0. The maximum Gasteiger partial charge on any atom is 0.239 e. The first-order valence-corrected chi connectivity index (χ1v) is 7.45. The highest BCUT2D eigenvalue weighted by Gasteiger charge is 2.49. The summed E-state index contributed by atoms with van der Waals surface area (Å²) in [7, 11) is 0. The molecular formula is C18H17F2NO2. The van der Waals surface area contributed by atoms with Crippen molar-refractivity contribution < 1.29 is 18.7 Å². The van der Waals surface area contributed by atoms with E-state index in [0.29, 0.717) is 17.5 Å². The molecule has 5 heteroatoms. The summed E-state index contributed by atoms with van der Waals surface area (Å²) in [5, 5.41) is 12.0. The van der Waals surface area contributed by atoms with Crippen molar-refractivity contribution in [1.82, 2.24) is 0 Å². The average Bonchev–Trinajstić information content (AvgIpc) is 2.77. The molecule has 0 spiro atoms. The monoisotopic (exact) mass is 317 g/mol. The van der Waals surface area contributed by atoms with Crippen molar-refractivity contribution in [2.75, 3.05) is 5.32 Å². The van der Waals surface area contributed by atoms with Gasteiger partial charge in [0.1, 0.15) is 11.2 Å². The zero-order valence-electron chi connectivity index (χ0n) is 12.9. The van der Waals surface area contributed by atoms with Crippen LogP contribution in [0.5, 0.6) is 5.75 Å². The molecule has 1 aliphatic heterocycles. The molecule has 2 aromatic rings. The molecule has 1 atom stereocenters. The van der Waals surface area contributed by atoms with Crippen molar-refractivity contribution in [2.45, 2.75) is 25.7 Å². The molecule has 0 bridgehead atoms. The lowest BCUT2D eigenvalue weighted by molar-refractivity contribution is -0.120. The third-order valence-electron chi connectivity index (χ3n) is 4.26. The lowest BCUT2D eigenvalue weighted by Gasteiger charge is -2.30. The lowest BCUT2D eigenvalue weighted by atomic mass is 9.70. The van der Waals surface area contributed by atoms with E-state index in [1.54, 1.807) is 12.1 Å². The maximum absolute atomic E-state index is 14.1. The molecule has 0 radical (unpaired) electrons. The van der Waals surface area contributed by atoms with E-state index in [-0.39, 0.29) is 23.3 Å². The van der Waals surface area contributed by atoms with E-state index < -0.39 is 17.0 Å². The first-order chi connectivity index (χ1) is 10.9. The molecular weight excluding hydrogens is 300 g/mol. The van der Waals surface area contributed by atoms with Crippen molar-refractivity contribution in [3.63, 3.8) is 0 Å². The summed E-state index contributed by atoms with van der Waals surface area (Å²) in [4.78, 5) is 12.8. The zero-order chi connectivity index (χ0) is 16.8. The minimum atomic E-state index is -1.09. The Hall–Kier alpha value is -2.43. The Balaban J connectivity index is 2.28. The van der Waals surface area contributed by atoms with Crippen LogP contribution in [0.4, 0.5) is 14.5 Å². The number of benzene rings is 2. The van der Waals surface area contributed by atoms with Gasteiger partial charge in [0.15, 0.2) is 11.6 Å². The summed E-state index contributed by atoms with van der Waals surface area (Å²) in [6.45, 7) is 3.93. The van der Waals surface area contributed by atoms with Crippen LogP contribution in [0.3, 0.4) is 0 Å². The van der Waals surface area contributed by atoms with Gasteiger partial charge in [-0.1, -0.05) is 32.0 Å². The number of nitrogens with one attached hydrogen (secondary N) is 1. The summed E-state index contributed by atoms with van der Waals surface area (Å²) in [6.07, 6.45) is 0.446. The van der Waals surface area contributed by atoms with Crippen molar-refractivity contribution >= 4 is 11.6 Å². The predicted octanol–water partition coefficient (Wildman–Crippen LogP) is 3.95. The Bertz CT molecular complexity index is 771. The highest BCUT2D eigenvalue weighted by molar-refractivity contribution is 6.08. The van der Waals surface area contributed by atoms with E-state index in [4.69, 9.17) is 0 Å². The van der Waals surface area contributed by atoms with Gasteiger partial charge in [0.25, 0.3) is 0 Å². The van der Waals surface area contributed by atoms with E-state index in [1.807, 2.05) is 13.8 Å². The van der Waals surface area contributed by atoms with Crippen LogP contribution in [-0.2, 0) is 10.2 Å². The number of hydrogen-bond donors (Lipinski definition) is 2. The molecule has 120 valence electrons. The molecule has 0 aromatic heterocycles. The van der Waals surface area contributed by atoms with E-state index >= 15 is 0 Å². The van der Waals surface area contributed by atoms with Gasteiger partial charge < -0.3 is 10.4 Å². The van der Waals surface area contributed by atoms with Gasteiger partial charge in [-0.3, -0.25) is 4.79 Å². The van der Waals surface area contributed by atoms with Gasteiger partial charge in [0.2, 0.25) is 5.91 Å². The molecule has 3 nitrogen and oxygen atoms in total. The van der Waals surface area contributed by atoms with E-state index in [1.165, 1.54) is 18.2 Å². The molecule has 0 aliphatic carbocycles. The number of amides is 1. The van der Waals surface area contributed by atoms with Gasteiger partial charge in [-0.2, -0.15) is 0 Å². The molecule has 0 saturated carbocycles. The summed E-state index contributed by atoms with van der Waals surface area (Å²) in [6, 6.07) is 8.78. The first-order valence-electron chi connectivity index (χ1n) is 7.45. The van der Waals surface area contributed by atoms with Crippen LogP contribution in [0.2, 0.25) is 0 Å². The van der Waals surface area contributed by atoms with Crippen LogP contribution in [0, 0.1) is 17.6 Å². The number of anilines is 1. The Labute approximate surface area is 133 Å². The Morgan fingerprint density at radius 2 is 1.78 bits per heavy atom. The van der Waals surface area contributed by atoms with Crippen LogP contribution in [0.15, 0.2) is 36.4 Å². The summed E-state index contributed by atoms with van der Waals surface area (Å²) < 4.78 is 27.6. The van der Waals surface area contributed by atoms with Crippen molar-refractivity contribution in [3.8, 4) is 5.75 Å². The topological polar surface area (TPSA) is 49.3 Å². The second-order valence-electron chi connectivity index (χ2n) is 6.29. The number of fused-ring (bicyclic) bond motifs is 1. The third-order valence-corrected chi connectivity index (χ3v) is 4.26. The normalized spacial score (nSPS) is 19.8. The first kappa shape index (κ1) is 15.5. The van der Waals surface area contributed by atoms with Crippen molar-refractivity contribution in [1.29, 1.82) is 0 Å². The van der Waals surface area contributed by atoms with E-state index in [9.17, 15) is 18.7 Å². The second kappa shape index (κ2) is 5.33. The molecule has 1 aliphatic rings. The fourth-order valence-electron chi connectivity index (χ4n) is 3.34. The Morgan fingerprint density at radius 3 is 2.39 bits per heavy atom. The van der Waals surface area contributed by atoms with Crippen LogP contribution in [0.1, 0.15) is 31.4 Å². The quantitative estimate of drug-likeness (QED) is 0.900.